The number of methoxy groups -OCH3 is 1. The number of hydrogen-bond donors (Lipinski definition) is 1. The summed E-state index contributed by atoms with van der Waals surface area (Å²) in [4.78, 5) is 49.0. The molecule has 2 rings (SSSR count). The molecule has 13 heteroatoms. The molecule has 0 radical (unpaired) electrons. The van der Waals surface area contributed by atoms with Crippen LogP contribution < -0.4 is 0 Å². The first-order valence-electron chi connectivity index (χ1n) is 9.49. The zero-order valence-electron chi connectivity index (χ0n) is 18.3. The molecule has 1 fully saturated rings. The Morgan fingerprint density at radius 1 is 1.06 bits per heavy atom. The number of benzene rings is 1. The van der Waals surface area contributed by atoms with E-state index in [-0.39, 0.29) is 25.5 Å². The van der Waals surface area contributed by atoms with E-state index in [4.69, 9.17) is 31.0 Å². The standard InChI is InChI=1S/C18H23ClN2O5.C2HF3O2/c1-18(2,3)26-17(24)20-9-10-21(14(11-20)16(23)25-4)15(22)12-5-7-13(19)8-6-12;3-2(4,5)1(6)7/h5-8,14H,9-11H2,1-4H3;(H,6,7)/t14-;/m0./s1. The number of alkyl halides is 3. The Balaban J connectivity index is 0.000000675. The van der Waals surface area contributed by atoms with E-state index in [1.54, 1.807) is 45.0 Å². The second-order valence-corrected chi connectivity index (χ2v) is 8.21. The lowest BCUT2D eigenvalue weighted by Gasteiger charge is -2.40. The van der Waals surface area contributed by atoms with Gasteiger partial charge in [-0.05, 0) is 45.0 Å². The lowest BCUT2D eigenvalue weighted by molar-refractivity contribution is -0.192. The molecule has 1 aromatic rings. The van der Waals surface area contributed by atoms with Crippen LogP contribution in [0.5, 0.6) is 0 Å². The van der Waals surface area contributed by atoms with Crippen molar-refractivity contribution < 1.29 is 46.9 Å². The van der Waals surface area contributed by atoms with E-state index < -0.39 is 35.9 Å². The van der Waals surface area contributed by atoms with Crippen molar-refractivity contribution in [3.63, 3.8) is 0 Å². The normalized spacial score (nSPS) is 16.3. The van der Waals surface area contributed by atoms with Gasteiger partial charge in [-0.3, -0.25) is 4.79 Å². The molecule has 1 aliphatic heterocycles. The maximum atomic E-state index is 12.8. The largest absolute Gasteiger partial charge is 0.490 e. The fourth-order valence-electron chi connectivity index (χ4n) is 2.61. The van der Waals surface area contributed by atoms with Gasteiger partial charge in [-0.15, -0.1) is 0 Å². The molecule has 0 bridgehead atoms. The van der Waals surface area contributed by atoms with E-state index in [9.17, 15) is 27.6 Å². The Morgan fingerprint density at radius 2 is 1.58 bits per heavy atom. The highest BCUT2D eigenvalue weighted by atomic mass is 35.5. The van der Waals surface area contributed by atoms with Crippen molar-refractivity contribution in [2.24, 2.45) is 0 Å². The highest BCUT2D eigenvalue weighted by Gasteiger charge is 2.39. The number of carbonyl (C=O) groups is 4. The number of esters is 1. The minimum atomic E-state index is -5.08. The molecule has 33 heavy (non-hydrogen) atoms. The summed E-state index contributed by atoms with van der Waals surface area (Å²) in [5, 5.41) is 7.64. The van der Waals surface area contributed by atoms with E-state index in [0.717, 1.165) is 0 Å². The van der Waals surface area contributed by atoms with Crippen LogP contribution in [0.1, 0.15) is 31.1 Å². The van der Waals surface area contributed by atoms with Crippen molar-refractivity contribution in [1.82, 2.24) is 9.80 Å². The first-order valence-corrected chi connectivity index (χ1v) is 9.87. The van der Waals surface area contributed by atoms with Crippen LogP contribution in [-0.2, 0) is 19.1 Å². The fourth-order valence-corrected chi connectivity index (χ4v) is 2.74. The molecule has 0 aromatic heterocycles. The lowest BCUT2D eigenvalue weighted by atomic mass is 10.1. The number of amides is 2. The van der Waals surface area contributed by atoms with Crippen LogP contribution in [0.4, 0.5) is 18.0 Å². The Bertz CT molecular complexity index is 870. The van der Waals surface area contributed by atoms with Gasteiger partial charge in [-0.2, -0.15) is 13.2 Å². The van der Waals surface area contributed by atoms with Gasteiger partial charge in [0.15, 0.2) is 0 Å². The molecule has 0 unspecified atom stereocenters. The number of carboxylic acids is 1. The molecule has 1 atom stereocenters. The summed E-state index contributed by atoms with van der Waals surface area (Å²) in [6.45, 7) is 5.78. The van der Waals surface area contributed by atoms with Crippen LogP contribution in [-0.4, -0.2) is 83.4 Å². The highest BCUT2D eigenvalue weighted by Crippen LogP contribution is 2.19. The molecule has 184 valence electrons. The number of nitrogens with zero attached hydrogens (tertiary/aromatic N) is 2. The van der Waals surface area contributed by atoms with Gasteiger partial charge in [0.05, 0.1) is 13.7 Å². The van der Waals surface area contributed by atoms with E-state index in [0.29, 0.717) is 10.6 Å². The summed E-state index contributed by atoms with van der Waals surface area (Å²) in [6.07, 6.45) is -5.61. The smallest absolute Gasteiger partial charge is 0.475 e. The summed E-state index contributed by atoms with van der Waals surface area (Å²) in [6, 6.07) is 5.51. The average molecular weight is 497 g/mol. The molecule has 1 aliphatic rings. The molecule has 1 saturated heterocycles. The second-order valence-electron chi connectivity index (χ2n) is 7.77. The minimum Gasteiger partial charge on any atom is -0.475 e. The molecule has 1 aromatic carbocycles. The maximum Gasteiger partial charge on any atom is 0.490 e. The monoisotopic (exact) mass is 496 g/mol. The van der Waals surface area contributed by atoms with Gasteiger partial charge in [0.1, 0.15) is 11.6 Å². The minimum absolute atomic E-state index is 0.0148. The maximum absolute atomic E-state index is 12.8. The van der Waals surface area contributed by atoms with Crippen molar-refractivity contribution in [3.05, 3.63) is 34.9 Å². The average Bonchev–Trinajstić information content (AvgIpc) is 2.71. The number of carboxylic acid groups (broad SMARTS) is 1. The van der Waals surface area contributed by atoms with E-state index in [1.807, 2.05) is 0 Å². The number of halogens is 4. The zero-order chi connectivity index (χ0) is 25.6. The van der Waals surface area contributed by atoms with Crippen LogP contribution in [0.2, 0.25) is 5.02 Å². The highest BCUT2D eigenvalue weighted by molar-refractivity contribution is 6.30. The Hall–Kier alpha value is -3.02. The number of ether oxygens (including phenoxy) is 2. The molecule has 2 amide bonds. The van der Waals surface area contributed by atoms with Crippen LogP contribution in [0.3, 0.4) is 0 Å². The number of carbonyl (C=O) groups excluding carboxylic acids is 3. The molecule has 9 nitrogen and oxygen atoms in total. The first-order chi connectivity index (χ1) is 15.1. The topological polar surface area (TPSA) is 113 Å². The molecule has 0 aliphatic carbocycles. The van der Waals surface area contributed by atoms with Gasteiger partial charge in [-0.1, -0.05) is 11.6 Å². The van der Waals surface area contributed by atoms with Gasteiger partial charge in [0.25, 0.3) is 5.91 Å². The van der Waals surface area contributed by atoms with Crippen molar-refractivity contribution in [2.45, 2.75) is 38.6 Å². The quantitative estimate of drug-likeness (QED) is 0.625. The van der Waals surface area contributed by atoms with E-state index in [2.05, 4.69) is 0 Å². The third-order valence-electron chi connectivity index (χ3n) is 4.10. The number of aliphatic carboxylic acids is 1. The molecule has 0 spiro atoms. The molecular formula is C20H24ClF3N2O7. The molecule has 0 saturated carbocycles. The Kier molecular flexibility index (Phi) is 9.52. The summed E-state index contributed by atoms with van der Waals surface area (Å²) in [5.41, 5.74) is -0.234. The first kappa shape index (κ1) is 28.0. The lowest BCUT2D eigenvalue weighted by Crippen LogP contribution is -2.60. The molecule has 1 N–H and O–H groups in total. The summed E-state index contributed by atoms with van der Waals surface area (Å²) in [5.74, 6) is -3.66. The van der Waals surface area contributed by atoms with Gasteiger partial charge >= 0.3 is 24.2 Å². The Morgan fingerprint density at radius 3 is 2.00 bits per heavy atom. The molecular weight excluding hydrogens is 473 g/mol. The predicted molar refractivity (Wildman–Crippen MR) is 110 cm³/mol. The fraction of sp³-hybridized carbons (Fsp3) is 0.500. The third kappa shape index (κ3) is 8.79. The van der Waals surface area contributed by atoms with Crippen molar-refractivity contribution in [2.75, 3.05) is 26.7 Å². The zero-order valence-corrected chi connectivity index (χ0v) is 19.1. The summed E-state index contributed by atoms with van der Waals surface area (Å²) in [7, 11) is 1.25. The SMILES string of the molecule is COC(=O)[C@@H]1CN(C(=O)OC(C)(C)C)CCN1C(=O)c1ccc(Cl)cc1.O=C(O)C(F)(F)F. The van der Waals surface area contributed by atoms with Gasteiger partial charge < -0.3 is 24.4 Å². The predicted octanol–water partition coefficient (Wildman–Crippen LogP) is 3.21. The summed E-state index contributed by atoms with van der Waals surface area (Å²) >= 11 is 5.85. The van der Waals surface area contributed by atoms with Crippen molar-refractivity contribution in [3.8, 4) is 0 Å². The van der Waals surface area contributed by atoms with Crippen LogP contribution in [0.15, 0.2) is 24.3 Å². The van der Waals surface area contributed by atoms with Gasteiger partial charge in [-0.25, -0.2) is 14.4 Å². The van der Waals surface area contributed by atoms with Gasteiger partial charge in [0, 0.05) is 23.7 Å². The third-order valence-corrected chi connectivity index (χ3v) is 4.35. The van der Waals surface area contributed by atoms with Crippen molar-refractivity contribution >= 4 is 35.5 Å². The number of rotatable bonds is 2. The van der Waals surface area contributed by atoms with Crippen molar-refractivity contribution in [1.29, 1.82) is 0 Å². The molecule has 1 heterocycles. The van der Waals surface area contributed by atoms with E-state index >= 15 is 0 Å². The number of hydrogen-bond acceptors (Lipinski definition) is 6. The van der Waals surface area contributed by atoms with Crippen LogP contribution in [0.25, 0.3) is 0 Å². The van der Waals surface area contributed by atoms with Gasteiger partial charge in [0.2, 0.25) is 0 Å². The van der Waals surface area contributed by atoms with Crippen LogP contribution >= 0.6 is 11.6 Å². The van der Waals surface area contributed by atoms with E-state index in [1.165, 1.54) is 16.9 Å². The van der Waals surface area contributed by atoms with Crippen LogP contribution in [0, 0.1) is 0 Å². The Labute approximate surface area is 193 Å². The summed E-state index contributed by atoms with van der Waals surface area (Å²) < 4.78 is 41.9. The number of piperazine rings is 1. The second kappa shape index (κ2) is 11.2.